The van der Waals surface area contributed by atoms with Gasteiger partial charge in [-0.2, -0.15) is 0 Å². The van der Waals surface area contributed by atoms with E-state index < -0.39 is 25.2 Å². The summed E-state index contributed by atoms with van der Waals surface area (Å²) in [6.45, 7) is 17.4. The average molecular weight is 688 g/mol. The van der Waals surface area contributed by atoms with Gasteiger partial charge in [-0.05, 0) is 95.4 Å². The monoisotopic (exact) mass is 686 g/mol. The van der Waals surface area contributed by atoms with Gasteiger partial charge in [-0.25, -0.2) is 0 Å². The van der Waals surface area contributed by atoms with Crippen molar-refractivity contribution in [2.45, 2.75) is 135 Å². The first-order valence-corrected chi connectivity index (χ1v) is 27.2. The molecule has 1 aromatic carbocycles. The molecule has 6 nitrogen and oxygen atoms in total. The minimum absolute atomic E-state index is 0.633. The average Bonchev–Trinajstić information content (AvgIpc) is 3.38. The van der Waals surface area contributed by atoms with E-state index in [2.05, 4.69) is 56.0 Å². The third-order valence-corrected chi connectivity index (χ3v) is 18.3. The fourth-order valence-electron chi connectivity index (χ4n) is 5.34. The van der Waals surface area contributed by atoms with E-state index in [9.17, 15) is 0 Å². The van der Waals surface area contributed by atoms with Crippen molar-refractivity contribution in [3.05, 3.63) is 24.3 Å². The zero-order chi connectivity index (χ0) is 31.6. The van der Waals surface area contributed by atoms with Crippen molar-refractivity contribution in [1.29, 1.82) is 0 Å². The highest BCUT2D eigenvalue weighted by molar-refractivity contribution is 7.16. The van der Waals surface area contributed by atoms with Gasteiger partial charge in [-0.1, -0.05) is 80.6 Å². The van der Waals surface area contributed by atoms with Crippen molar-refractivity contribution in [3.63, 3.8) is 0 Å². The fraction of sp³-hybridized carbons (Fsp3) is 0.750. The number of hydrogen-bond donors (Lipinski definition) is 0. The smallest absolute Gasteiger partial charge is 0.311 e. The molecule has 2 aromatic rings. The second kappa shape index (κ2) is 20.4. The number of hydrogen-bond acceptors (Lipinski definition) is 7. The predicted octanol–water partition coefficient (Wildman–Crippen LogP) is 11.0. The molecular weight excluding hydrogens is 628 g/mol. The molecule has 0 aliphatic carbocycles. The van der Waals surface area contributed by atoms with Crippen molar-refractivity contribution in [3.8, 4) is 21.5 Å². The third kappa shape index (κ3) is 18.7. The lowest BCUT2D eigenvalue weighted by atomic mass is 10.1. The van der Waals surface area contributed by atoms with Gasteiger partial charge >= 0.3 is 8.56 Å². The number of halogens is 1. The lowest BCUT2D eigenvalue weighted by Crippen LogP contribution is -2.51. The summed E-state index contributed by atoms with van der Waals surface area (Å²) in [6, 6.07) is 9.39. The molecule has 0 unspecified atom stereocenters. The van der Waals surface area contributed by atoms with Crippen molar-refractivity contribution in [1.82, 2.24) is 10.2 Å². The molecule has 1 aromatic heterocycles. The molecule has 0 amide bonds. The van der Waals surface area contributed by atoms with E-state index in [-0.39, 0.29) is 0 Å². The number of benzene rings is 1. The topological polar surface area (TPSA) is 62.7 Å². The van der Waals surface area contributed by atoms with Gasteiger partial charge in [0.2, 0.25) is 0 Å². The van der Waals surface area contributed by atoms with Gasteiger partial charge < -0.3 is 17.7 Å². The summed E-state index contributed by atoms with van der Waals surface area (Å²) in [7, 11) is -5.21. The maximum Gasteiger partial charge on any atom is 0.311 e. The molecule has 43 heavy (non-hydrogen) atoms. The predicted molar refractivity (Wildman–Crippen MR) is 192 cm³/mol. The van der Waals surface area contributed by atoms with Crippen LogP contribution in [-0.4, -0.2) is 54.5 Å². The summed E-state index contributed by atoms with van der Waals surface area (Å²) in [5.74, 6) is 1.64. The summed E-state index contributed by atoms with van der Waals surface area (Å²) in [5, 5.41) is 9.97. The van der Waals surface area contributed by atoms with Crippen molar-refractivity contribution < 1.29 is 17.7 Å². The molecular formula is C32H59ClN2O4SSi3. The van der Waals surface area contributed by atoms with Gasteiger partial charge in [-0.3, -0.25) is 0 Å². The zero-order valence-electron chi connectivity index (χ0n) is 28.1. The zero-order valence-corrected chi connectivity index (χ0v) is 32.7. The molecule has 0 bridgehead atoms. The molecule has 0 aliphatic heterocycles. The molecule has 0 saturated heterocycles. The summed E-state index contributed by atoms with van der Waals surface area (Å²) in [5.41, 5.74) is 1.04. The van der Waals surface area contributed by atoms with Crippen LogP contribution in [-0.2, 0) is 8.23 Å². The van der Waals surface area contributed by atoms with Crippen molar-refractivity contribution in [2.75, 3.05) is 19.1 Å². The van der Waals surface area contributed by atoms with Gasteiger partial charge in [0.25, 0.3) is 5.19 Å². The molecule has 246 valence electrons. The van der Waals surface area contributed by atoms with Gasteiger partial charge in [0.15, 0.2) is 21.6 Å². The molecule has 0 radical (unpaired) electrons. The Kier molecular flexibility index (Phi) is 18.2. The van der Waals surface area contributed by atoms with Crippen LogP contribution >= 0.6 is 22.9 Å². The molecule has 0 N–H and O–H groups in total. The van der Waals surface area contributed by atoms with Crippen molar-refractivity contribution >= 4 is 48.1 Å². The Morgan fingerprint density at radius 2 is 1.16 bits per heavy atom. The van der Waals surface area contributed by atoms with Crippen LogP contribution in [0.3, 0.4) is 0 Å². The maximum atomic E-state index is 6.64. The summed E-state index contributed by atoms with van der Waals surface area (Å²) < 4.78 is 24.8. The van der Waals surface area contributed by atoms with Gasteiger partial charge in [-0.15, -0.1) is 16.7 Å². The van der Waals surface area contributed by atoms with Crippen LogP contribution in [0.15, 0.2) is 24.3 Å². The van der Waals surface area contributed by atoms with Crippen LogP contribution in [0.2, 0.25) is 51.9 Å². The Balaban J connectivity index is 1.47. The SMILES string of the molecule is C[Si](C)(C)O[Si](C)(C)O[Si](C)(C)CCCCCCCCCCCOc1ccc(-c2nnc(OCCCCCCCl)s2)cc1. The Morgan fingerprint density at radius 1 is 0.628 bits per heavy atom. The molecule has 1 heterocycles. The molecule has 0 saturated carbocycles. The second-order valence-corrected chi connectivity index (χ2v) is 27.6. The summed E-state index contributed by atoms with van der Waals surface area (Å²) in [4.78, 5) is 0. The Bertz CT molecular complexity index is 1000. The molecule has 0 atom stereocenters. The Labute approximate surface area is 275 Å². The Hall–Kier alpha value is -0.759. The van der Waals surface area contributed by atoms with E-state index in [4.69, 9.17) is 29.3 Å². The molecule has 0 aliphatic rings. The minimum atomic E-state index is -2.01. The first-order chi connectivity index (χ1) is 20.4. The lowest BCUT2D eigenvalue weighted by Gasteiger charge is -2.37. The van der Waals surface area contributed by atoms with E-state index in [0.717, 1.165) is 60.9 Å². The van der Waals surface area contributed by atoms with Crippen LogP contribution in [0.25, 0.3) is 10.6 Å². The van der Waals surface area contributed by atoms with Gasteiger partial charge in [0.05, 0.1) is 13.2 Å². The van der Waals surface area contributed by atoms with Crippen molar-refractivity contribution in [2.24, 2.45) is 0 Å². The van der Waals surface area contributed by atoms with Crippen LogP contribution in [0, 0.1) is 0 Å². The fourth-order valence-corrected chi connectivity index (χ4v) is 19.5. The summed E-state index contributed by atoms with van der Waals surface area (Å²) >= 11 is 7.21. The quantitative estimate of drug-likeness (QED) is 0.0588. The lowest BCUT2D eigenvalue weighted by molar-refractivity contribution is 0.301. The highest BCUT2D eigenvalue weighted by Gasteiger charge is 2.37. The number of unbranched alkanes of at least 4 members (excludes halogenated alkanes) is 11. The normalized spacial score (nSPS) is 12.6. The number of ether oxygens (including phenoxy) is 2. The highest BCUT2D eigenvalue weighted by Crippen LogP contribution is 2.29. The number of aromatic nitrogens is 2. The Morgan fingerprint density at radius 3 is 1.74 bits per heavy atom. The first kappa shape index (κ1) is 38.4. The highest BCUT2D eigenvalue weighted by atomic mass is 35.5. The summed E-state index contributed by atoms with van der Waals surface area (Å²) in [6.07, 6.45) is 16.0. The maximum absolute atomic E-state index is 6.64. The van der Waals surface area contributed by atoms with Gasteiger partial charge in [0, 0.05) is 11.4 Å². The molecule has 2 rings (SSSR count). The standard InChI is InChI=1S/C32H59ClN2O4SSi3/c1-41(2,3)38-43(6,7)39-42(4,5)28-20-16-12-10-8-9-11-14-18-26-36-30-23-21-29(22-24-30)31-34-35-32(40-31)37-27-19-15-13-17-25-33/h21-24H,8-20,25-28H2,1-7H3. The molecule has 0 fully saturated rings. The molecule has 0 spiro atoms. The molecule has 11 heteroatoms. The van der Waals surface area contributed by atoms with Crippen LogP contribution in [0.4, 0.5) is 0 Å². The van der Waals surface area contributed by atoms with Crippen LogP contribution < -0.4 is 9.47 Å². The van der Waals surface area contributed by atoms with E-state index in [0.29, 0.717) is 11.8 Å². The number of nitrogens with zero attached hydrogens (tertiary/aromatic N) is 2. The largest absolute Gasteiger partial charge is 0.494 e. The second-order valence-electron chi connectivity index (χ2n) is 13.6. The minimum Gasteiger partial charge on any atom is -0.494 e. The first-order valence-electron chi connectivity index (χ1n) is 16.5. The van der Waals surface area contributed by atoms with E-state index in [1.165, 1.54) is 68.7 Å². The van der Waals surface area contributed by atoms with E-state index in [1.54, 1.807) is 0 Å². The number of rotatable bonds is 25. The van der Waals surface area contributed by atoms with E-state index >= 15 is 0 Å². The third-order valence-electron chi connectivity index (χ3n) is 7.03. The van der Waals surface area contributed by atoms with Gasteiger partial charge in [0.1, 0.15) is 5.75 Å². The van der Waals surface area contributed by atoms with Crippen LogP contribution in [0.5, 0.6) is 10.9 Å². The van der Waals surface area contributed by atoms with E-state index in [1.807, 2.05) is 24.3 Å². The van der Waals surface area contributed by atoms with Crippen LogP contribution in [0.1, 0.15) is 83.5 Å². The number of alkyl halides is 1.